The third kappa shape index (κ3) is 5.60. The standard InChI is InChI=1S/C13H15BrO3S/c1-18-8-2-7-17-11-4-5-12(14)10(9-11)3-6-13(15)16/h3-6,9H,2,7-8H2,1H3,(H,15,16)/b6-3+. The molecule has 0 aromatic heterocycles. The third-order valence-electron chi connectivity index (χ3n) is 2.13. The lowest BCUT2D eigenvalue weighted by molar-refractivity contribution is -0.131. The fourth-order valence-electron chi connectivity index (χ4n) is 1.29. The van der Waals surface area contributed by atoms with E-state index < -0.39 is 5.97 Å². The van der Waals surface area contributed by atoms with Crippen LogP contribution in [0.25, 0.3) is 6.08 Å². The lowest BCUT2D eigenvalue weighted by Gasteiger charge is -2.07. The number of carbonyl (C=O) groups is 1. The number of benzene rings is 1. The number of rotatable bonds is 7. The van der Waals surface area contributed by atoms with Crippen LogP contribution >= 0.6 is 27.7 Å². The maximum atomic E-state index is 10.5. The van der Waals surface area contributed by atoms with Gasteiger partial charge in [0.2, 0.25) is 0 Å². The van der Waals surface area contributed by atoms with Crippen LogP contribution in [0.5, 0.6) is 5.75 Å². The Bertz CT molecular complexity index is 432. The summed E-state index contributed by atoms with van der Waals surface area (Å²) in [6.45, 7) is 0.671. The van der Waals surface area contributed by atoms with Crippen LogP contribution in [-0.4, -0.2) is 29.7 Å². The smallest absolute Gasteiger partial charge is 0.328 e. The second kappa shape index (κ2) is 8.21. The summed E-state index contributed by atoms with van der Waals surface area (Å²) < 4.78 is 6.44. The molecule has 1 rings (SSSR count). The van der Waals surface area contributed by atoms with Gasteiger partial charge < -0.3 is 9.84 Å². The molecule has 18 heavy (non-hydrogen) atoms. The molecule has 0 radical (unpaired) electrons. The molecule has 1 aromatic carbocycles. The highest BCUT2D eigenvalue weighted by molar-refractivity contribution is 9.10. The van der Waals surface area contributed by atoms with E-state index in [1.165, 1.54) is 0 Å². The first-order chi connectivity index (χ1) is 8.63. The van der Waals surface area contributed by atoms with Crippen molar-refractivity contribution in [2.24, 2.45) is 0 Å². The van der Waals surface area contributed by atoms with E-state index in [1.54, 1.807) is 17.8 Å². The summed E-state index contributed by atoms with van der Waals surface area (Å²) in [6, 6.07) is 5.54. The van der Waals surface area contributed by atoms with Gasteiger partial charge in [0.1, 0.15) is 5.75 Å². The Labute approximate surface area is 119 Å². The topological polar surface area (TPSA) is 46.5 Å². The molecule has 0 bridgehead atoms. The van der Waals surface area contributed by atoms with Crippen molar-refractivity contribution in [2.45, 2.75) is 6.42 Å². The molecule has 0 spiro atoms. The van der Waals surface area contributed by atoms with E-state index in [4.69, 9.17) is 9.84 Å². The number of halogens is 1. The molecular formula is C13H15BrO3S. The van der Waals surface area contributed by atoms with Gasteiger partial charge in [-0.15, -0.1) is 0 Å². The zero-order chi connectivity index (χ0) is 13.4. The zero-order valence-corrected chi connectivity index (χ0v) is 12.5. The van der Waals surface area contributed by atoms with E-state index in [9.17, 15) is 4.79 Å². The summed E-state index contributed by atoms with van der Waals surface area (Å²) in [5, 5.41) is 8.60. The van der Waals surface area contributed by atoms with Gasteiger partial charge in [-0.05, 0) is 48.3 Å². The number of hydrogen-bond acceptors (Lipinski definition) is 3. The van der Waals surface area contributed by atoms with Crippen LogP contribution < -0.4 is 4.74 Å². The third-order valence-corrected chi connectivity index (χ3v) is 3.55. The molecule has 5 heteroatoms. The fourth-order valence-corrected chi connectivity index (χ4v) is 2.08. The molecule has 0 heterocycles. The Morgan fingerprint density at radius 1 is 1.56 bits per heavy atom. The summed E-state index contributed by atoms with van der Waals surface area (Å²) in [5.74, 6) is 0.861. The Morgan fingerprint density at radius 3 is 3.00 bits per heavy atom. The minimum absolute atomic E-state index is 0.671. The van der Waals surface area contributed by atoms with E-state index in [1.807, 2.05) is 18.2 Å². The summed E-state index contributed by atoms with van der Waals surface area (Å²) >= 11 is 5.16. The molecule has 0 aliphatic rings. The monoisotopic (exact) mass is 330 g/mol. The largest absolute Gasteiger partial charge is 0.494 e. The summed E-state index contributed by atoms with van der Waals surface area (Å²) in [6.07, 6.45) is 5.71. The predicted octanol–water partition coefficient (Wildman–Crippen LogP) is 3.68. The number of thioether (sulfide) groups is 1. The molecule has 0 unspecified atom stereocenters. The molecule has 0 aliphatic heterocycles. The fraction of sp³-hybridized carbons (Fsp3) is 0.308. The van der Waals surface area contributed by atoms with Crippen LogP contribution in [0.1, 0.15) is 12.0 Å². The maximum absolute atomic E-state index is 10.5. The Hall–Kier alpha value is -0.940. The van der Waals surface area contributed by atoms with Crippen molar-refractivity contribution in [2.75, 3.05) is 18.6 Å². The first-order valence-corrected chi connectivity index (χ1v) is 7.64. The summed E-state index contributed by atoms with van der Waals surface area (Å²) in [4.78, 5) is 10.5. The van der Waals surface area contributed by atoms with Crippen molar-refractivity contribution < 1.29 is 14.6 Å². The molecule has 98 valence electrons. The summed E-state index contributed by atoms with van der Waals surface area (Å²) in [5.41, 5.74) is 0.791. The van der Waals surface area contributed by atoms with Crippen LogP contribution in [0.4, 0.5) is 0 Å². The molecule has 0 fully saturated rings. The molecule has 1 aromatic rings. The van der Waals surface area contributed by atoms with Crippen molar-refractivity contribution >= 4 is 39.7 Å². The van der Waals surface area contributed by atoms with E-state index in [0.717, 1.165) is 34.0 Å². The molecule has 0 amide bonds. The van der Waals surface area contributed by atoms with E-state index in [-0.39, 0.29) is 0 Å². The van der Waals surface area contributed by atoms with Gasteiger partial charge in [0.25, 0.3) is 0 Å². The summed E-state index contributed by atoms with van der Waals surface area (Å²) in [7, 11) is 0. The quantitative estimate of drug-likeness (QED) is 0.612. The van der Waals surface area contributed by atoms with Gasteiger partial charge in [0, 0.05) is 10.5 Å². The molecule has 0 saturated carbocycles. The van der Waals surface area contributed by atoms with Crippen LogP contribution in [0.15, 0.2) is 28.7 Å². The maximum Gasteiger partial charge on any atom is 0.328 e. The molecule has 0 saturated heterocycles. The Kier molecular flexibility index (Phi) is 6.90. The molecule has 0 atom stereocenters. The number of aliphatic carboxylic acids is 1. The van der Waals surface area contributed by atoms with E-state index >= 15 is 0 Å². The van der Waals surface area contributed by atoms with Crippen LogP contribution in [0.3, 0.4) is 0 Å². The number of carboxylic acids is 1. The van der Waals surface area contributed by atoms with Gasteiger partial charge in [-0.3, -0.25) is 0 Å². The van der Waals surface area contributed by atoms with Crippen LogP contribution in [0, 0.1) is 0 Å². The first-order valence-electron chi connectivity index (χ1n) is 5.46. The highest BCUT2D eigenvalue weighted by Gasteiger charge is 2.00. The molecular weight excluding hydrogens is 316 g/mol. The first kappa shape index (κ1) is 15.1. The van der Waals surface area contributed by atoms with Crippen molar-refractivity contribution in [1.82, 2.24) is 0 Å². The highest BCUT2D eigenvalue weighted by atomic mass is 79.9. The normalized spacial score (nSPS) is 10.8. The van der Waals surface area contributed by atoms with Crippen molar-refractivity contribution in [3.8, 4) is 5.75 Å². The Balaban J connectivity index is 2.65. The van der Waals surface area contributed by atoms with Gasteiger partial charge in [-0.2, -0.15) is 11.8 Å². The zero-order valence-electron chi connectivity index (χ0n) is 10.1. The molecule has 0 aliphatic carbocycles. The van der Waals surface area contributed by atoms with Crippen molar-refractivity contribution in [3.63, 3.8) is 0 Å². The van der Waals surface area contributed by atoms with E-state index in [0.29, 0.717) is 6.61 Å². The predicted molar refractivity (Wildman–Crippen MR) is 79.3 cm³/mol. The van der Waals surface area contributed by atoms with Gasteiger partial charge in [0.05, 0.1) is 6.61 Å². The van der Waals surface area contributed by atoms with Gasteiger partial charge in [-0.1, -0.05) is 15.9 Å². The van der Waals surface area contributed by atoms with Gasteiger partial charge >= 0.3 is 5.97 Å². The molecule has 1 N–H and O–H groups in total. The van der Waals surface area contributed by atoms with Crippen LogP contribution in [0.2, 0.25) is 0 Å². The van der Waals surface area contributed by atoms with E-state index in [2.05, 4.69) is 22.2 Å². The number of carboxylic acid groups (broad SMARTS) is 1. The average molecular weight is 331 g/mol. The Morgan fingerprint density at radius 2 is 2.33 bits per heavy atom. The highest BCUT2D eigenvalue weighted by Crippen LogP contribution is 2.24. The average Bonchev–Trinajstić information content (AvgIpc) is 2.34. The van der Waals surface area contributed by atoms with Gasteiger partial charge in [0.15, 0.2) is 0 Å². The SMILES string of the molecule is CSCCCOc1ccc(Br)c(/C=C/C(=O)O)c1. The minimum Gasteiger partial charge on any atom is -0.494 e. The lowest BCUT2D eigenvalue weighted by atomic mass is 10.2. The van der Waals surface area contributed by atoms with Gasteiger partial charge in [-0.25, -0.2) is 4.79 Å². The van der Waals surface area contributed by atoms with Crippen molar-refractivity contribution in [3.05, 3.63) is 34.3 Å². The minimum atomic E-state index is -0.965. The lowest BCUT2D eigenvalue weighted by Crippen LogP contribution is -1.98. The molecule has 3 nitrogen and oxygen atoms in total. The second-order valence-electron chi connectivity index (χ2n) is 3.55. The number of ether oxygens (including phenoxy) is 1. The number of hydrogen-bond donors (Lipinski definition) is 1. The van der Waals surface area contributed by atoms with Crippen molar-refractivity contribution in [1.29, 1.82) is 0 Å². The second-order valence-corrected chi connectivity index (χ2v) is 5.39. The van der Waals surface area contributed by atoms with Crippen LogP contribution in [-0.2, 0) is 4.79 Å².